The van der Waals surface area contributed by atoms with Crippen LogP contribution in [0.15, 0.2) is 30.6 Å². The Hall–Kier alpha value is -2.48. The van der Waals surface area contributed by atoms with Gasteiger partial charge in [0.25, 0.3) is 5.91 Å². The van der Waals surface area contributed by atoms with Gasteiger partial charge in [-0.25, -0.2) is 0 Å². The lowest BCUT2D eigenvalue weighted by atomic mass is 10.1. The van der Waals surface area contributed by atoms with Crippen molar-refractivity contribution in [2.45, 2.75) is 19.3 Å². The zero-order valence-corrected chi connectivity index (χ0v) is 10.5. The van der Waals surface area contributed by atoms with E-state index in [-0.39, 0.29) is 5.91 Å². The first kappa shape index (κ1) is 13.0. The summed E-state index contributed by atoms with van der Waals surface area (Å²) in [5, 5.41) is 11.2. The van der Waals surface area contributed by atoms with Gasteiger partial charge < -0.3 is 5.32 Å². The molecule has 0 fully saturated rings. The molecule has 19 heavy (non-hydrogen) atoms. The van der Waals surface area contributed by atoms with Gasteiger partial charge in [0.2, 0.25) is 0 Å². The van der Waals surface area contributed by atoms with Crippen molar-refractivity contribution in [1.29, 1.82) is 5.26 Å². The van der Waals surface area contributed by atoms with Crippen LogP contribution in [0.25, 0.3) is 11.0 Å². The van der Waals surface area contributed by atoms with Gasteiger partial charge in [-0.1, -0.05) is 0 Å². The summed E-state index contributed by atoms with van der Waals surface area (Å²) >= 11 is 0. The molecule has 5 nitrogen and oxygen atoms in total. The number of rotatable bonds is 5. The van der Waals surface area contributed by atoms with Gasteiger partial charge >= 0.3 is 0 Å². The molecule has 5 heteroatoms. The fraction of sp³-hybridized carbons (Fsp3) is 0.286. The standard InChI is InChI=1S/C14H14N4O/c15-6-2-1-3-7-18-14(19)11-4-5-12-13(10-11)17-9-8-16-12/h4-5,8-10H,1-3,7H2,(H,18,19). The molecule has 0 unspecified atom stereocenters. The first-order chi connectivity index (χ1) is 9.31. The summed E-state index contributed by atoms with van der Waals surface area (Å²) in [5.74, 6) is -0.121. The highest BCUT2D eigenvalue weighted by Gasteiger charge is 2.06. The van der Waals surface area contributed by atoms with Crippen LogP contribution in [0, 0.1) is 11.3 Å². The van der Waals surface area contributed by atoms with E-state index in [1.54, 1.807) is 30.6 Å². The average Bonchev–Trinajstić information content (AvgIpc) is 2.46. The molecule has 0 aliphatic heterocycles. The summed E-state index contributed by atoms with van der Waals surface area (Å²) in [6, 6.07) is 7.33. The maximum atomic E-state index is 11.9. The van der Waals surface area contributed by atoms with E-state index in [1.807, 2.05) is 0 Å². The maximum Gasteiger partial charge on any atom is 0.251 e. The molecule has 96 valence electrons. The number of hydrogen-bond donors (Lipinski definition) is 1. The van der Waals surface area contributed by atoms with Crippen molar-refractivity contribution >= 4 is 16.9 Å². The molecule has 1 aromatic heterocycles. The minimum atomic E-state index is -0.121. The van der Waals surface area contributed by atoms with Gasteiger partial charge in [-0.3, -0.25) is 14.8 Å². The maximum absolute atomic E-state index is 11.9. The Morgan fingerprint density at radius 1 is 1.21 bits per heavy atom. The molecule has 0 aliphatic rings. The van der Waals surface area contributed by atoms with Crippen LogP contribution in [0.3, 0.4) is 0 Å². The second kappa shape index (κ2) is 6.45. The third kappa shape index (κ3) is 3.49. The molecule has 0 radical (unpaired) electrons. The molecule has 2 aromatic rings. The van der Waals surface area contributed by atoms with Crippen LogP contribution >= 0.6 is 0 Å². The summed E-state index contributed by atoms with van der Waals surface area (Å²) in [4.78, 5) is 20.2. The minimum absolute atomic E-state index is 0.121. The predicted octanol–water partition coefficient (Wildman–Crippen LogP) is 2.05. The molecule has 1 heterocycles. The van der Waals surface area contributed by atoms with Gasteiger partial charge in [-0.2, -0.15) is 5.26 Å². The number of carbonyl (C=O) groups is 1. The first-order valence-corrected chi connectivity index (χ1v) is 6.17. The summed E-state index contributed by atoms with van der Waals surface area (Å²) in [6.07, 6.45) is 5.37. The minimum Gasteiger partial charge on any atom is -0.352 e. The largest absolute Gasteiger partial charge is 0.352 e. The SMILES string of the molecule is N#CCCCCNC(=O)c1ccc2nccnc2c1. The lowest BCUT2D eigenvalue weighted by molar-refractivity contribution is 0.0953. The number of aromatic nitrogens is 2. The summed E-state index contributed by atoms with van der Waals surface area (Å²) in [7, 11) is 0. The Balaban J connectivity index is 1.96. The quantitative estimate of drug-likeness (QED) is 0.828. The van der Waals surface area contributed by atoms with Crippen LogP contribution in [-0.4, -0.2) is 22.4 Å². The van der Waals surface area contributed by atoms with Crippen molar-refractivity contribution in [2.24, 2.45) is 0 Å². The van der Waals surface area contributed by atoms with Crippen molar-refractivity contribution < 1.29 is 4.79 Å². The van der Waals surface area contributed by atoms with Crippen LogP contribution in [0.2, 0.25) is 0 Å². The molecule has 1 N–H and O–H groups in total. The Bertz CT molecular complexity index is 618. The molecule has 0 bridgehead atoms. The number of carbonyl (C=O) groups excluding carboxylic acids is 1. The Morgan fingerprint density at radius 2 is 2.00 bits per heavy atom. The van der Waals surface area contributed by atoms with Gasteiger partial charge in [0.05, 0.1) is 17.1 Å². The van der Waals surface area contributed by atoms with Crippen LogP contribution < -0.4 is 5.32 Å². The molecule has 1 aromatic carbocycles. The van der Waals surface area contributed by atoms with Crippen LogP contribution in [0.5, 0.6) is 0 Å². The highest BCUT2D eigenvalue weighted by Crippen LogP contribution is 2.10. The van der Waals surface area contributed by atoms with E-state index < -0.39 is 0 Å². The monoisotopic (exact) mass is 254 g/mol. The Kier molecular flexibility index (Phi) is 4.40. The van der Waals surface area contributed by atoms with Crippen molar-refractivity contribution in [3.05, 3.63) is 36.2 Å². The zero-order chi connectivity index (χ0) is 13.5. The van der Waals surface area contributed by atoms with Gasteiger partial charge in [0.1, 0.15) is 0 Å². The Morgan fingerprint density at radius 3 is 2.79 bits per heavy atom. The third-order valence-electron chi connectivity index (χ3n) is 2.73. The van der Waals surface area contributed by atoms with Crippen molar-refractivity contribution in [3.63, 3.8) is 0 Å². The lowest BCUT2D eigenvalue weighted by Gasteiger charge is -2.05. The molecule has 0 aliphatic carbocycles. The number of amides is 1. The van der Waals surface area contributed by atoms with Crippen LogP contribution in [0.4, 0.5) is 0 Å². The van der Waals surface area contributed by atoms with Gasteiger partial charge in [-0.05, 0) is 31.0 Å². The van der Waals surface area contributed by atoms with Crippen LogP contribution in [-0.2, 0) is 0 Å². The van der Waals surface area contributed by atoms with Gasteiger partial charge in [0, 0.05) is 30.9 Å². The normalized spacial score (nSPS) is 10.1. The fourth-order valence-corrected chi connectivity index (χ4v) is 1.74. The van der Waals surface area contributed by atoms with Crippen molar-refractivity contribution in [3.8, 4) is 6.07 Å². The highest BCUT2D eigenvalue weighted by molar-refractivity contribution is 5.97. The number of benzene rings is 1. The molecular weight excluding hydrogens is 240 g/mol. The molecular formula is C14H14N4O. The summed E-state index contributed by atoms with van der Waals surface area (Å²) < 4.78 is 0. The number of hydrogen-bond acceptors (Lipinski definition) is 4. The first-order valence-electron chi connectivity index (χ1n) is 6.17. The predicted molar refractivity (Wildman–Crippen MR) is 71.3 cm³/mol. The van der Waals surface area contributed by atoms with E-state index >= 15 is 0 Å². The second-order valence-corrected chi connectivity index (χ2v) is 4.13. The summed E-state index contributed by atoms with van der Waals surface area (Å²) in [5.41, 5.74) is 2.06. The number of nitrogens with zero attached hydrogens (tertiary/aromatic N) is 3. The van der Waals surface area contributed by atoms with E-state index in [2.05, 4.69) is 21.4 Å². The smallest absolute Gasteiger partial charge is 0.251 e. The molecule has 0 spiro atoms. The summed E-state index contributed by atoms with van der Waals surface area (Å²) in [6.45, 7) is 0.582. The zero-order valence-electron chi connectivity index (χ0n) is 10.5. The molecule has 2 rings (SSSR count). The number of nitrogens with one attached hydrogen (secondary N) is 1. The lowest BCUT2D eigenvalue weighted by Crippen LogP contribution is -2.24. The van der Waals surface area contributed by atoms with Crippen LogP contribution in [0.1, 0.15) is 29.6 Å². The molecule has 1 amide bonds. The molecule has 0 saturated carbocycles. The highest BCUT2D eigenvalue weighted by atomic mass is 16.1. The number of nitriles is 1. The topological polar surface area (TPSA) is 78.7 Å². The van der Waals surface area contributed by atoms with E-state index in [9.17, 15) is 4.79 Å². The second-order valence-electron chi connectivity index (χ2n) is 4.13. The van der Waals surface area contributed by atoms with Crippen molar-refractivity contribution in [2.75, 3.05) is 6.54 Å². The Labute approximate surface area is 111 Å². The van der Waals surface area contributed by atoms with Gasteiger partial charge in [0.15, 0.2) is 0 Å². The number of fused-ring (bicyclic) bond motifs is 1. The van der Waals surface area contributed by atoms with E-state index in [1.165, 1.54) is 0 Å². The molecule has 0 atom stereocenters. The number of unbranched alkanes of at least 4 members (excludes halogenated alkanes) is 2. The van der Waals surface area contributed by atoms with Gasteiger partial charge in [-0.15, -0.1) is 0 Å². The van der Waals surface area contributed by atoms with Crippen molar-refractivity contribution in [1.82, 2.24) is 15.3 Å². The van der Waals surface area contributed by atoms with E-state index in [4.69, 9.17) is 5.26 Å². The average molecular weight is 254 g/mol. The van der Waals surface area contributed by atoms with E-state index in [0.29, 0.717) is 24.0 Å². The van der Waals surface area contributed by atoms with E-state index in [0.717, 1.165) is 18.4 Å². The fourth-order valence-electron chi connectivity index (χ4n) is 1.74. The third-order valence-corrected chi connectivity index (χ3v) is 2.73. The molecule has 0 saturated heterocycles.